The molecule has 0 atom stereocenters. The molecule has 0 aliphatic rings. The van der Waals surface area contributed by atoms with E-state index in [0.29, 0.717) is 22.2 Å². The molecule has 0 spiro atoms. The van der Waals surface area contributed by atoms with E-state index in [0.717, 1.165) is 16.5 Å². The molecule has 4 aromatic heterocycles. The van der Waals surface area contributed by atoms with Crippen LogP contribution in [0.2, 0.25) is 5.15 Å². The van der Waals surface area contributed by atoms with Crippen LogP contribution < -0.4 is 4.74 Å². The summed E-state index contributed by atoms with van der Waals surface area (Å²) in [5.41, 5.74) is 2.77. The summed E-state index contributed by atoms with van der Waals surface area (Å²) in [4.78, 5) is 8.52. The predicted molar refractivity (Wildman–Crippen MR) is 89.6 cm³/mol. The Morgan fingerprint density at radius 1 is 1.17 bits per heavy atom. The number of imidazole rings is 1. The minimum Gasteiger partial charge on any atom is -0.492 e. The van der Waals surface area contributed by atoms with Crippen molar-refractivity contribution in [1.29, 1.82) is 0 Å². The molecule has 0 unspecified atom stereocenters. The van der Waals surface area contributed by atoms with Crippen molar-refractivity contribution in [1.82, 2.24) is 18.3 Å². The number of aromatic nitrogens is 4. The highest BCUT2D eigenvalue weighted by Gasteiger charge is 2.18. The summed E-state index contributed by atoms with van der Waals surface area (Å²) in [6, 6.07) is 5.41. The van der Waals surface area contributed by atoms with Crippen LogP contribution in [0.5, 0.6) is 5.75 Å². The maximum Gasteiger partial charge on any atom is 0.180 e. The molecular formula is C15H10ClFN4OS. The van der Waals surface area contributed by atoms with E-state index in [-0.39, 0.29) is 12.3 Å². The highest BCUT2D eigenvalue weighted by atomic mass is 35.5. The Morgan fingerprint density at radius 3 is 2.83 bits per heavy atom. The highest BCUT2D eigenvalue weighted by Crippen LogP contribution is 2.39. The van der Waals surface area contributed by atoms with Crippen molar-refractivity contribution in [2.24, 2.45) is 0 Å². The average molecular weight is 349 g/mol. The summed E-state index contributed by atoms with van der Waals surface area (Å²) >= 11 is 6.01. The molecule has 0 N–H and O–H groups in total. The van der Waals surface area contributed by atoms with Crippen molar-refractivity contribution in [3.05, 3.63) is 48.1 Å². The van der Waals surface area contributed by atoms with Crippen LogP contribution in [0.3, 0.4) is 0 Å². The number of fused-ring (bicyclic) bond motifs is 2. The van der Waals surface area contributed by atoms with Gasteiger partial charge in [0.2, 0.25) is 0 Å². The van der Waals surface area contributed by atoms with Crippen molar-refractivity contribution < 1.29 is 8.62 Å². The lowest BCUT2D eigenvalue weighted by molar-refractivity contribution is 0.418. The Bertz CT molecular complexity index is 1030. The second kappa shape index (κ2) is 5.43. The largest absolute Gasteiger partial charge is 0.492 e. The van der Waals surface area contributed by atoms with Gasteiger partial charge in [0, 0.05) is 41.3 Å². The van der Waals surface area contributed by atoms with Gasteiger partial charge in [-0.05, 0) is 18.2 Å². The molecule has 0 radical (unpaired) electrons. The van der Waals surface area contributed by atoms with E-state index in [4.69, 9.17) is 16.3 Å². The van der Waals surface area contributed by atoms with E-state index in [2.05, 4.69) is 9.97 Å². The van der Waals surface area contributed by atoms with E-state index in [1.165, 1.54) is 3.97 Å². The number of methoxy groups -OCH3 is 1. The molecule has 0 amide bonds. The van der Waals surface area contributed by atoms with Crippen LogP contribution in [0.15, 0.2) is 43.0 Å². The minimum atomic E-state index is 0.0751. The first-order valence-electron chi connectivity index (χ1n) is 6.69. The Morgan fingerprint density at radius 2 is 2.04 bits per heavy atom. The number of ether oxygens (including phenoxy) is 1. The standard InChI is InChI=1S/C15H10ClFN4OS/c1-22-13-9(4-6-20-7-5-18-15(13)20)11-8-21(23-17)14-10(11)2-3-12(16)19-14/h2-8H,1H3. The normalized spacial score (nSPS) is 11.4. The third-order valence-electron chi connectivity index (χ3n) is 3.67. The molecule has 0 aliphatic heterocycles. The molecule has 0 fully saturated rings. The predicted octanol–water partition coefficient (Wildman–Crippen LogP) is 4.39. The summed E-state index contributed by atoms with van der Waals surface area (Å²) in [7, 11) is 1.59. The van der Waals surface area contributed by atoms with Crippen LogP contribution in [0.25, 0.3) is 27.8 Å². The van der Waals surface area contributed by atoms with Crippen LogP contribution in [-0.4, -0.2) is 25.5 Å². The number of nitrogens with zero attached hydrogens (tertiary/aromatic N) is 4. The summed E-state index contributed by atoms with van der Waals surface area (Å²) in [6.45, 7) is 0. The minimum absolute atomic E-state index is 0.0751. The molecule has 4 rings (SSSR count). The van der Waals surface area contributed by atoms with Crippen molar-refractivity contribution in [3.63, 3.8) is 0 Å². The Hall–Kier alpha value is -2.25. The van der Waals surface area contributed by atoms with Gasteiger partial charge in [0.1, 0.15) is 5.15 Å². The van der Waals surface area contributed by atoms with Gasteiger partial charge in [-0.1, -0.05) is 11.6 Å². The summed E-state index contributed by atoms with van der Waals surface area (Å²) in [6.07, 6.45) is 7.10. The van der Waals surface area contributed by atoms with Crippen LogP contribution in [-0.2, 0) is 0 Å². The van der Waals surface area contributed by atoms with Gasteiger partial charge in [0.25, 0.3) is 0 Å². The maximum absolute atomic E-state index is 13.3. The summed E-state index contributed by atoms with van der Waals surface area (Å²) < 4.78 is 22.0. The maximum atomic E-state index is 13.3. The fourth-order valence-electron chi connectivity index (χ4n) is 2.69. The van der Waals surface area contributed by atoms with Gasteiger partial charge >= 0.3 is 0 Å². The highest BCUT2D eigenvalue weighted by molar-refractivity contribution is 7.92. The zero-order valence-corrected chi connectivity index (χ0v) is 13.5. The third kappa shape index (κ3) is 2.15. The van der Waals surface area contributed by atoms with E-state index in [1.807, 2.05) is 28.9 Å². The van der Waals surface area contributed by atoms with E-state index >= 15 is 0 Å². The zero-order valence-electron chi connectivity index (χ0n) is 11.9. The molecule has 0 aromatic carbocycles. The lowest BCUT2D eigenvalue weighted by Crippen LogP contribution is -1.93. The summed E-state index contributed by atoms with van der Waals surface area (Å²) in [5.74, 6) is 0.621. The van der Waals surface area contributed by atoms with Gasteiger partial charge in [-0.25, -0.2) is 13.9 Å². The van der Waals surface area contributed by atoms with Gasteiger partial charge in [-0.15, -0.1) is 3.89 Å². The van der Waals surface area contributed by atoms with Crippen LogP contribution in [0, 0.1) is 0 Å². The van der Waals surface area contributed by atoms with Crippen LogP contribution >= 0.6 is 23.9 Å². The fraction of sp³-hybridized carbons (Fsp3) is 0.0667. The Labute approximate surface area is 140 Å². The molecular weight excluding hydrogens is 339 g/mol. The van der Waals surface area contributed by atoms with E-state index in [9.17, 15) is 3.89 Å². The number of hydrogen-bond acceptors (Lipinski definition) is 4. The Balaban J connectivity index is 2.06. The SMILES string of the molecule is COc1c(-c2cn(SF)c3nc(Cl)ccc23)ccn2ccnc12. The number of hydrogen-bond donors (Lipinski definition) is 0. The van der Waals surface area contributed by atoms with Crippen molar-refractivity contribution in [3.8, 4) is 16.9 Å². The number of pyridine rings is 2. The smallest absolute Gasteiger partial charge is 0.180 e. The molecule has 8 heteroatoms. The van der Waals surface area contributed by atoms with Gasteiger partial charge in [0.05, 0.1) is 7.11 Å². The lowest BCUT2D eigenvalue weighted by atomic mass is 10.1. The van der Waals surface area contributed by atoms with Crippen molar-refractivity contribution >= 4 is 40.6 Å². The first-order valence-corrected chi connectivity index (χ1v) is 7.75. The molecule has 5 nitrogen and oxygen atoms in total. The molecule has 0 saturated heterocycles. The number of halogens is 2. The van der Waals surface area contributed by atoms with Crippen molar-refractivity contribution in [2.45, 2.75) is 0 Å². The quantitative estimate of drug-likeness (QED) is 0.515. The van der Waals surface area contributed by atoms with Gasteiger partial charge in [-0.3, -0.25) is 0 Å². The van der Waals surface area contributed by atoms with Gasteiger partial charge in [-0.2, -0.15) is 0 Å². The summed E-state index contributed by atoms with van der Waals surface area (Å²) in [5, 5.41) is 1.10. The molecule has 0 saturated carbocycles. The lowest BCUT2D eigenvalue weighted by Gasteiger charge is -2.09. The van der Waals surface area contributed by atoms with Crippen LogP contribution in [0.1, 0.15) is 0 Å². The molecule has 23 heavy (non-hydrogen) atoms. The number of rotatable bonds is 3. The molecule has 0 aliphatic carbocycles. The topological polar surface area (TPSA) is 44.4 Å². The zero-order chi connectivity index (χ0) is 16.0. The molecule has 4 heterocycles. The van der Waals surface area contributed by atoms with Gasteiger partial charge in [0.15, 0.2) is 29.4 Å². The van der Waals surface area contributed by atoms with Crippen LogP contribution in [0.4, 0.5) is 3.89 Å². The van der Waals surface area contributed by atoms with E-state index < -0.39 is 0 Å². The average Bonchev–Trinajstić information content (AvgIpc) is 3.17. The Kier molecular flexibility index (Phi) is 3.39. The van der Waals surface area contributed by atoms with Gasteiger partial charge < -0.3 is 9.14 Å². The monoisotopic (exact) mass is 348 g/mol. The molecule has 0 bridgehead atoms. The molecule has 116 valence electrons. The fourth-order valence-corrected chi connectivity index (χ4v) is 3.19. The third-order valence-corrected chi connectivity index (χ3v) is 4.31. The van der Waals surface area contributed by atoms with Crippen molar-refractivity contribution in [2.75, 3.05) is 7.11 Å². The molecule has 4 aromatic rings. The second-order valence-corrected chi connectivity index (χ2v) is 5.78. The first kappa shape index (κ1) is 14.3. The second-order valence-electron chi connectivity index (χ2n) is 4.86. The first-order chi connectivity index (χ1) is 11.2. The van der Waals surface area contributed by atoms with E-state index in [1.54, 1.807) is 25.6 Å².